The number of rotatable bonds is 7. The molecule has 0 spiro atoms. The molecule has 0 fully saturated rings. The van der Waals surface area contributed by atoms with Gasteiger partial charge in [0.25, 0.3) is 5.91 Å². The average Bonchev–Trinajstić information content (AvgIpc) is 2.76. The lowest BCUT2D eigenvalue weighted by Gasteiger charge is -2.11. The molecule has 0 radical (unpaired) electrons. The van der Waals surface area contributed by atoms with E-state index < -0.39 is 0 Å². The number of hydrogen-bond acceptors (Lipinski definition) is 4. The second kappa shape index (κ2) is 9.37. The summed E-state index contributed by atoms with van der Waals surface area (Å²) in [6.07, 6.45) is 0. The van der Waals surface area contributed by atoms with Crippen molar-refractivity contribution in [2.75, 3.05) is 13.7 Å². The number of hydrazone groups is 1. The predicted octanol–water partition coefficient (Wildman–Crippen LogP) is 4.28. The Balaban J connectivity index is 1.64. The molecule has 0 heterocycles. The summed E-state index contributed by atoms with van der Waals surface area (Å²) in [5.41, 5.74) is 5.96. The molecule has 0 saturated heterocycles. The van der Waals surface area contributed by atoms with E-state index in [0.29, 0.717) is 17.2 Å². The Bertz CT molecular complexity index is 968. The monoisotopic (exact) mass is 374 g/mol. The maximum absolute atomic E-state index is 12.2. The molecule has 0 atom stereocenters. The molecule has 0 aliphatic rings. The number of amides is 1. The Kier molecular flexibility index (Phi) is 6.41. The molecule has 0 bridgehead atoms. The fraction of sp³-hybridized carbons (Fsp3) is 0.130. The zero-order chi connectivity index (χ0) is 19.8. The van der Waals surface area contributed by atoms with Crippen molar-refractivity contribution in [3.8, 4) is 22.6 Å². The third kappa shape index (κ3) is 4.76. The lowest BCUT2D eigenvalue weighted by Crippen LogP contribution is -2.25. The zero-order valence-corrected chi connectivity index (χ0v) is 15.9. The van der Waals surface area contributed by atoms with Crippen LogP contribution in [0.3, 0.4) is 0 Å². The Hall–Kier alpha value is -3.60. The zero-order valence-electron chi connectivity index (χ0n) is 15.9. The van der Waals surface area contributed by atoms with Crippen LogP contribution in [0.4, 0.5) is 0 Å². The summed E-state index contributed by atoms with van der Waals surface area (Å²) in [7, 11) is 1.60. The van der Waals surface area contributed by atoms with Gasteiger partial charge in [0.05, 0.1) is 12.8 Å². The second-order valence-corrected chi connectivity index (χ2v) is 6.08. The molecular weight excluding hydrogens is 352 g/mol. The van der Waals surface area contributed by atoms with E-state index in [9.17, 15) is 4.79 Å². The van der Waals surface area contributed by atoms with Crippen LogP contribution in [-0.2, 0) is 4.79 Å². The molecule has 1 N–H and O–H groups in total. The highest BCUT2D eigenvalue weighted by Crippen LogP contribution is 2.29. The summed E-state index contributed by atoms with van der Waals surface area (Å²) in [6.45, 7) is 1.68. The number of carbonyl (C=O) groups is 1. The lowest BCUT2D eigenvalue weighted by molar-refractivity contribution is -0.123. The van der Waals surface area contributed by atoms with Crippen molar-refractivity contribution in [2.45, 2.75) is 6.92 Å². The molecular formula is C23H22N2O3. The van der Waals surface area contributed by atoms with Gasteiger partial charge in [-0.1, -0.05) is 60.7 Å². The largest absolute Gasteiger partial charge is 0.496 e. The van der Waals surface area contributed by atoms with E-state index in [0.717, 1.165) is 16.7 Å². The summed E-state index contributed by atoms with van der Waals surface area (Å²) in [4.78, 5) is 12.2. The normalized spacial score (nSPS) is 11.0. The maximum atomic E-state index is 12.2. The Morgan fingerprint density at radius 1 is 0.893 bits per heavy atom. The first-order valence-corrected chi connectivity index (χ1v) is 8.93. The van der Waals surface area contributed by atoms with Gasteiger partial charge >= 0.3 is 0 Å². The summed E-state index contributed by atoms with van der Waals surface area (Å²) >= 11 is 0. The van der Waals surface area contributed by atoms with Gasteiger partial charge in [-0.2, -0.15) is 5.10 Å². The van der Waals surface area contributed by atoms with Gasteiger partial charge < -0.3 is 9.47 Å². The summed E-state index contributed by atoms with van der Waals surface area (Å²) < 4.78 is 11.0. The first kappa shape index (κ1) is 19.2. The molecule has 5 nitrogen and oxygen atoms in total. The van der Waals surface area contributed by atoms with Crippen LogP contribution in [0.5, 0.6) is 11.5 Å². The molecule has 0 unspecified atom stereocenters. The van der Waals surface area contributed by atoms with Gasteiger partial charge in [0.2, 0.25) is 0 Å². The number of para-hydroxylation sites is 2. The maximum Gasteiger partial charge on any atom is 0.277 e. The summed E-state index contributed by atoms with van der Waals surface area (Å²) in [6, 6.07) is 25.0. The molecule has 0 aliphatic carbocycles. The molecule has 0 aliphatic heterocycles. The van der Waals surface area contributed by atoms with Gasteiger partial charge in [-0.3, -0.25) is 4.79 Å². The van der Waals surface area contributed by atoms with Crippen LogP contribution >= 0.6 is 0 Å². The number of nitrogens with one attached hydrogen (secondary N) is 1. The third-order valence-corrected chi connectivity index (χ3v) is 4.18. The SMILES string of the molecule is COc1ccccc1/C(C)=N\NC(=O)COc1ccccc1-c1ccccc1. The van der Waals surface area contributed by atoms with Crippen LogP contribution in [0.2, 0.25) is 0 Å². The molecule has 3 aromatic carbocycles. The smallest absolute Gasteiger partial charge is 0.277 e. The standard InChI is InChI=1S/C23H22N2O3/c1-17(19-12-6-8-14-21(19)27-2)24-25-23(26)16-28-22-15-9-7-13-20(22)18-10-4-3-5-11-18/h3-15H,16H2,1-2H3,(H,25,26)/b24-17-. The van der Waals surface area contributed by atoms with Gasteiger partial charge in [-0.05, 0) is 30.7 Å². The Labute approximate surface area is 164 Å². The number of benzene rings is 3. The van der Waals surface area contributed by atoms with Crippen molar-refractivity contribution in [1.29, 1.82) is 0 Å². The van der Waals surface area contributed by atoms with Gasteiger partial charge in [0.15, 0.2) is 6.61 Å². The third-order valence-electron chi connectivity index (χ3n) is 4.18. The number of carbonyl (C=O) groups excluding carboxylic acids is 1. The van der Waals surface area contributed by atoms with Crippen molar-refractivity contribution in [1.82, 2.24) is 5.43 Å². The van der Waals surface area contributed by atoms with Gasteiger partial charge in [-0.15, -0.1) is 0 Å². The van der Waals surface area contributed by atoms with Crippen LogP contribution in [0.25, 0.3) is 11.1 Å². The van der Waals surface area contributed by atoms with Gasteiger partial charge in [0.1, 0.15) is 11.5 Å². The second-order valence-electron chi connectivity index (χ2n) is 6.08. The van der Waals surface area contributed by atoms with E-state index in [2.05, 4.69) is 10.5 Å². The van der Waals surface area contributed by atoms with E-state index in [1.807, 2.05) is 85.8 Å². The summed E-state index contributed by atoms with van der Waals surface area (Å²) in [5, 5.41) is 4.15. The molecule has 1 amide bonds. The molecule has 5 heteroatoms. The predicted molar refractivity (Wildman–Crippen MR) is 111 cm³/mol. The highest BCUT2D eigenvalue weighted by Gasteiger charge is 2.09. The first-order valence-electron chi connectivity index (χ1n) is 8.93. The topological polar surface area (TPSA) is 59.9 Å². The van der Waals surface area contributed by atoms with Crippen LogP contribution in [0, 0.1) is 0 Å². The van der Waals surface area contributed by atoms with Crippen LogP contribution in [-0.4, -0.2) is 25.3 Å². The van der Waals surface area contributed by atoms with E-state index in [1.165, 1.54) is 0 Å². The number of nitrogens with zero attached hydrogens (tertiary/aromatic N) is 1. The van der Waals surface area contributed by atoms with E-state index in [-0.39, 0.29) is 12.5 Å². The number of methoxy groups -OCH3 is 1. The number of hydrogen-bond donors (Lipinski definition) is 1. The van der Waals surface area contributed by atoms with Crippen LogP contribution < -0.4 is 14.9 Å². The van der Waals surface area contributed by atoms with Gasteiger partial charge in [0, 0.05) is 11.1 Å². The van der Waals surface area contributed by atoms with Crippen molar-refractivity contribution >= 4 is 11.6 Å². The Morgan fingerprint density at radius 2 is 1.54 bits per heavy atom. The van der Waals surface area contributed by atoms with Crippen LogP contribution in [0.1, 0.15) is 12.5 Å². The molecule has 0 saturated carbocycles. The molecule has 28 heavy (non-hydrogen) atoms. The fourth-order valence-electron chi connectivity index (χ4n) is 2.77. The first-order chi connectivity index (χ1) is 13.7. The lowest BCUT2D eigenvalue weighted by atomic mass is 10.1. The minimum absolute atomic E-state index is 0.132. The fourth-order valence-corrected chi connectivity index (χ4v) is 2.77. The van der Waals surface area contributed by atoms with Gasteiger partial charge in [-0.25, -0.2) is 5.43 Å². The molecule has 142 valence electrons. The van der Waals surface area contributed by atoms with E-state index >= 15 is 0 Å². The quantitative estimate of drug-likeness (QED) is 0.496. The number of ether oxygens (including phenoxy) is 2. The summed E-state index contributed by atoms with van der Waals surface area (Å²) in [5.74, 6) is 1.01. The van der Waals surface area contributed by atoms with Crippen molar-refractivity contribution in [3.63, 3.8) is 0 Å². The average molecular weight is 374 g/mol. The minimum atomic E-state index is -0.336. The Morgan fingerprint density at radius 3 is 2.29 bits per heavy atom. The molecule has 0 aromatic heterocycles. The van der Waals surface area contributed by atoms with E-state index in [4.69, 9.17) is 9.47 Å². The highest BCUT2D eigenvalue weighted by molar-refractivity contribution is 6.01. The van der Waals surface area contributed by atoms with Crippen molar-refractivity contribution < 1.29 is 14.3 Å². The highest BCUT2D eigenvalue weighted by atomic mass is 16.5. The van der Waals surface area contributed by atoms with Crippen molar-refractivity contribution in [3.05, 3.63) is 84.4 Å². The van der Waals surface area contributed by atoms with Crippen molar-refractivity contribution in [2.24, 2.45) is 5.10 Å². The molecule has 3 aromatic rings. The molecule has 3 rings (SSSR count). The van der Waals surface area contributed by atoms with Crippen LogP contribution in [0.15, 0.2) is 84.0 Å². The minimum Gasteiger partial charge on any atom is -0.496 e. The van der Waals surface area contributed by atoms with E-state index in [1.54, 1.807) is 7.11 Å².